The third-order valence-electron chi connectivity index (χ3n) is 1.82. The number of aromatic nitrogens is 3. The Morgan fingerprint density at radius 3 is 2.92 bits per heavy atom. The van der Waals surface area contributed by atoms with Crippen molar-refractivity contribution in [1.29, 1.82) is 0 Å². The molecule has 2 aromatic heterocycles. The predicted molar refractivity (Wildman–Crippen MR) is 50.9 cm³/mol. The predicted octanol–water partition coefficient (Wildman–Crippen LogP) is 1.06. The second kappa shape index (κ2) is 2.90. The minimum atomic E-state index is 0.676. The summed E-state index contributed by atoms with van der Waals surface area (Å²) in [4.78, 5) is 4.18. The molecule has 4 heteroatoms. The van der Waals surface area contributed by atoms with Crippen LogP contribution in [-0.4, -0.2) is 14.8 Å². The van der Waals surface area contributed by atoms with Gasteiger partial charge in [0.15, 0.2) is 0 Å². The third-order valence-corrected chi connectivity index (χ3v) is 1.82. The molecule has 0 unspecified atom stereocenters. The van der Waals surface area contributed by atoms with Gasteiger partial charge in [0.05, 0.1) is 17.6 Å². The van der Waals surface area contributed by atoms with Gasteiger partial charge < -0.3 is 5.73 Å². The highest BCUT2D eigenvalue weighted by Gasteiger charge is 2.04. The smallest absolute Gasteiger partial charge is 0.0962 e. The molecule has 13 heavy (non-hydrogen) atoms. The van der Waals surface area contributed by atoms with Crippen LogP contribution in [0.3, 0.4) is 0 Å². The molecule has 0 aliphatic heterocycles. The van der Waals surface area contributed by atoms with Gasteiger partial charge in [0.1, 0.15) is 0 Å². The van der Waals surface area contributed by atoms with Crippen LogP contribution in [0.25, 0.3) is 11.3 Å². The second-order valence-electron chi connectivity index (χ2n) is 2.84. The lowest BCUT2D eigenvalue weighted by molar-refractivity contribution is 0.768. The molecule has 0 radical (unpaired) electrons. The van der Waals surface area contributed by atoms with Gasteiger partial charge in [-0.25, -0.2) is 0 Å². The fourth-order valence-electron chi connectivity index (χ4n) is 1.20. The lowest BCUT2D eigenvalue weighted by Gasteiger charge is -1.99. The molecule has 0 aliphatic carbocycles. The van der Waals surface area contributed by atoms with Gasteiger partial charge in [-0.2, -0.15) is 5.10 Å². The van der Waals surface area contributed by atoms with Gasteiger partial charge in [-0.1, -0.05) is 0 Å². The van der Waals surface area contributed by atoms with Gasteiger partial charge in [-0.05, 0) is 12.1 Å². The molecule has 66 valence electrons. The molecule has 2 heterocycles. The number of nitrogens with two attached hydrogens (primary N) is 1. The van der Waals surface area contributed by atoms with Crippen LogP contribution in [0.5, 0.6) is 0 Å². The maximum atomic E-state index is 5.76. The van der Waals surface area contributed by atoms with E-state index >= 15 is 0 Å². The van der Waals surface area contributed by atoms with Gasteiger partial charge in [-0.15, -0.1) is 0 Å². The summed E-state index contributed by atoms with van der Waals surface area (Å²) >= 11 is 0. The first-order valence-electron chi connectivity index (χ1n) is 3.97. The molecule has 0 amide bonds. The van der Waals surface area contributed by atoms with Gasteiger partial charge in [0.2, 0.25) is 0 Å². The maximum Gasteiger partial charge on any atom is 0.0962 e. The van der Waals surface area contributed by atoms with Crippen molar-refractivity contribution in [3.05, 3.63) is 30.7 Å². The number of hydrogen-bond donors (Lipinski definition) is 1. The van der Waals surface area contributed by atoms with Crippen molar-refractivity contribution < 1.29 is 0 Å². The third kappa shape index (κ3) is 1.38. The molecule has 2 rings (SSSR count). The molecular formula is C9H10N4. The standard InChI is InChI=1S/C9H10N4/c1-13-6-7(5-12-13)9-8(10)3-2-4-11-9/h2-6H,10H2,1H3. The molecule has 0 aromatic carbocycles. The lowest BCUT2D eigenvalue weighted by atomic mass is 10.2. The first-order chi connectivity index (χ1) is 6.27. The monoisotopic (exact) mass is 174 g/mol. The Bertz CT molecular complexity index is 419. The summed E-state index contributed by atoms with van der Waals surface area (Å²) in [6.07, 6.45) is 5.36. The van der Waals surface area contributed by atoms with E-state index in [0.717, 1.165) is 11.3 Å². The number of aryl methyl sites for hydroxylation is 1. The van der Waals surface area contributed by atoms with E-state index in [-0.39, 0.29) is 0 Å². The summed E-state index contributed by atoms with van der Waals surface area (Å²) in [6.45, 7) is 0. The summed E-state index contributed by atoms with van der Waals surface area (Å²) in [7, 11) is 1.86. The highest BCUT2D eigenvalue weighted by atomic mass is 15.2. The molecule has 0 atom stereocenters. The van der Waals surface area contributed by atoms with E-state index < -0.39 is 0 Å². The first-order valence-corrected chi connectivity index (χ1v) is 3.97. The molecule has 0 spiro atoms. The maximum absolute atomic E-state index is 5.76. The van der Waals surface area contributed by atoms with Gasteiger partial charge in [0, 0.05) is 25.0 Å². The Kier molecular flexibility index (Phi) is 1.73. The summed E-state index contributed by atoms with van der Waals surface area (Å²) < 4.78 is 1.73. The number of nitrogen functional groups attached to an aromatic ring is 1. The molecule has 0 saturated heterocycles. The molecule has 0 bridgehead atoms. The molecule has 2 aromatic rings. The molecule has 4 nitrogen and oxygen atoms in total. The highest BCUT2D eigenvalue weighted by Crippen LogP contribution is 2.21. The average molecular weight is 174 g/mol. The topological polar surface area (TPSA) is 56.7 Å². The quantitative estimate of drug-likeness (QED) is 0.703. The Hall–Kier alpha value is -1.84. The van der Waals surface area contributed by atoms with Gasteiger partial charge in [-0.3, -0.25) is 9.67 Å². The normalized spacial score (nSPS) is 10.2. The number of anilines is 1. The van der Waals surface area contributed by atoms with Crippen molar-refractivity contribution in [2.24, 2.45) is 7.05 Å². The molecule has 2 N–H and O–H groups in total. The molecule has 0 saturated carbocycles. The van der Waals surface area contributed by atoms with Crippen molar-refractivity contribution in [3.8, 4) is 11.3 Å². The average Bonchev–Trinajstić information content (AvgIpc) is 2.53. The minimum Gasteiger partial charge on any atom is -0.397 e. The van der Waals surface area contributed by atoms with Crippen LogP contribution in [0.15, 0.2) is 30.7 Å². The van der Waals surface area contributed by atoms with Crippen molar-refractivity contribution in [1.82, 2.24) is 14.8 Å². The highest BCUT2D eigenvalue weighted by molar-refractivity contribution is 5.70. The zero-order valence-electron chi connectivity index (χ0n) is 7.31. The Morgan fingerprint density at radius 2 is 2.31 bits per heavy atom. The number of nitrogens with zero attached hydrogens (tertiary/aromatic N) is 3. The Balaban J connectivity index is 2.52. The molecule has 0 aliphatic rings. The van der Waals surface area contributed by atoms with Crippen LogP contribution in [0.2, 0.25) is 0 Å². The molecule has 0 fully saturated rings. The van der Waals surface area contributed by atoms with E-state index in [2.05, 4.69) is 10.1 Å². The Morgan fingerprint density at radius 1 is 1.46 bits per heavy atom. The van der Waals surface area contributed by atoms with Crippen molar-refractivity contribution >= 4 is 5.69 Å². The number of rotatable bonds is 1. The largest absolute Gasteiger partial charge is 0.397 e. The van der Waals surface area contributed by atoms with Crippen LogP contribution in [0.1, 0.15) is 0 Å². The van der Waals surface area contributed by atoms with E-state index in [1.54, 1.807) is 17.1 Å². The van der Waals surface area contributed by atoms with Crippen molar-refractivity contribution in [2.45, 2.75) is 0 Å². The summed E-state index contributed by atoms with van der Waals surface area (Å²) in [5.41, 5.74) is 8.17. The van der Waals surface area contributed by atoms with E-state index in [9.17, 15) is 0 Å². The van der Waals surface area contributed by atoms with E-state index in [4.69, 9.17) is 5.73 Å². The Labute approximate surface area is 76.0 Å². The van der Waals surface area contributed by atoms with Gasteiger partial charge >= 0.3 is 0 Å². The summed E-state index contributed by atoms with van der Waals surface area (Å²) in [5.74, 6) is 0. The van der Waals surface area contributed by atoms with Crippen LogP contribution in [-0.2, 0) is 7.05 Å². The van der Waals surface area contributed by atoms with E-state index in [1.807, 2.05) is 25.4 Å². The minimum absolute atomic E-state index is 0.676. The van der Waals surface area contributed by atoms with Gasteiger partial charge in [0.25, 0.3) is 0 Å². The summed E-state index contributed by atoms with van der Waals surface area (Å²) in [5, 5.41) is 4.06. The van der Waals surface area contributed by atoms with Crippen LogP contribution >= 0.6 is 0 Å². The number of pyridine rings is 1. The number of hydrogen-bond acceptors (Lipinski definition) is 3. The fraction of sp³-hybridized carbons (Fsp3) is 0.111. The second-order valence-corrected chi connectivity index (χ2v) is 2.84. The first kappa shape index (κ1) is 7.79. The SMILES string of the molecule is Cn1cc(-c2ncccc2N)cn1. The van der Waals surface area contributed by atoms with Crippen LogP contribution in [0, 0.1) is 0 Å². The van der Waals surface area contributed by atoms with E-state index in [0.29, 0.717) is 5.69 Å². The van der Waals surface area contributed by atoms with Crippen molar-refractivity contribution in [2.75, 3.05) is 5.73 Å². The fourth-order valence-corrected chi connectivity index (χ4v) is 1.20. The van der Waals surface area contributed by atoms with Crippen LogP contribution in [0.4, 0.5) is 5.69 Å². The zero-order valence-corrected chi connectivity index (χ0v) is 7.31. The van der Waals surface area contributed by atoms with E-state index in [1.165, 1.54) is 0 Å². The summed E-state index contributed by atoms with van der Waals surface area (Å²) in [6, 6.07) is 3.64. The molecular weight excluding hydrogens is 164 g/mol. The zero-order chi connectivity index (χ0) is 9.26. The van der Waals surface area contributed by atoms with Crippen LogP contribution < -0.4 is 5.73 Å². The lowest BCUT2D eigenvalue weighted by Crippen LogP contribution is -1.91. The van der Waals surface area contributed by atoms with Crippen molar-refractivity contribution in [3.63, 3.8) is 0 Å².